The van der Waals surface area contributed by atoms with Crippen LogP contribution in [0.2, 0.25) is 5.02 Å². The summed E-state index contributed by atoms with van der Waals surface area (Å²) in [5, 5.41) is 3.08. The van der Waals surface area contributed by atoms with Crippen molar-refractivity contribution in [1.82, 2.24) is 14.5 Å². The summed E-state index contributed by atoms with van der Waals surface area (Å²) in [5.41, 5.74) is 0.999. The Morgan fingerprint density at radius 2 is 1.90 bits per heavy atom. The molecular weight excluding hydrogens is 422 g/mol. The number of aryl methyl sites for hydroxylation is 1. The number of carbonyl (C=O) groups is 1. The van der Waals surface area contributed by atoms with Crippen molar-refractivity contribution in [2.75, 3.05) is 12.4 Å². The average molecular weight is 447 g/mol. The van der Waals surface area contributed by atoms with E-state index in [1.165, 1.54) is 24.3 Å². The molecule has 5 nitrogen and oxygen atoms in total. The number of anilines is 2. The van der Waals surface area contributed by atoms with Gasteiger partial charge in [-0.15, -0.1) is 0 Å². The summed E-state index contributed by atoms with van der Waals surface area (Å²) in [6, 6.07) is 7.23. The minimum Gasteiger partial charge on any atom is -0.339 e. The lowest BCUT2D eigenvalue weighted by molar-refractivity contribution is 0.0675. The molecule has 1 aliphatic rings. The molecule has 1 aromatic heterocycles. The lowest BCUT2D eigenvalue weighted by atomic mass is 9.86. The van der Waals surface area contributed by atoms with Crippen molar-refractivity contribution in [1.29, 1.82) is 0 Å². The third kappa shape index (κ3) is 4.11. The van der Waals surface area contributed by atoms with Gasteiger partial charge in [-0.2, -0.15) is 0 Å². The van der Waals surface area contributed by atoms with E-state index >= 15 is 0 Å². The Hall–Kier alpha value is -2.67. The quantitative estimate of drug-likeness (QED) is 0.542. The van der Waals surface area contributed by atoms with E-state index < -0.39 is 11.6 Å². The molecule has 31 heavy (non-hydrogen) atoms. The van der Waals surface area contributed by atoms with Crippen LogP contribution in [0.4, 0.5) is 20.4 Å². The van der Waals surface area contributed by atoms with Gasteiger partial charge in [-0.1, -0.05) is 24.6 Å². The van der Waals surface area contributed by atoms with E-state index in [0.29, 0.717) is 22.9 Å². The van der Waals surface area contributed by atoms with E-state index in [4.69, 9.17) is 11.6 Å². The molecule has 1 amide bonds. The number of carbonyl (C=O) groups excluding carboxylic acids is 1. The Morgan fingerprint density at radius 3 is 2.58 bits per heavy atom. The Balaban J connectivity index is 1.65. The lowest BCUT2D eigenvalue weighted by Crippen LogP contribution is -2.39. The highest BCUT2D eigenvalue weighted by Gasteiger charge is 2.27. The summed E-state index contributed by atoms with van der Waals surface area (Å²) in [4.78, 5) is 19.1. The van der Waals surface area contributed by atoms with Crippen molar-refractivity contribution >= 4 is 40.2 Å². The Morgan fingerprint density at radius 1 is 1.19 bits per heavy atom. The highest BCUT2D eigenvalue weighted by atomic mass is 35.5. The predicted molar refractivity (Wildman–Crippen MR) is 119 cm³/mol. The van der Waals surface area contributed by atoms with Crippen LogP contribution in [0.25, 0.3) is 11.0 Å². The molecule has 0 spiro atoms. The summed E-state index contributed by atoms with van der Waals surface area (Å²) >= 11 is 6.09. The smallest absolute Gasteiger partial charge is 0.256 e. The third-order valence-corrected chi connectivity index (χ3v) is 6.57. The van der Waals surface area contributed by atoms with Gasteiger partial charge in [0.2, 0.25) is 5.95 Å². The maximum absolute atomic E-state index is 14.9. The first-order valence-electron chi connectivity index (χ1n) is 10.4. The first-order chi connectivity index (χ1) is 14.8. The third-order valence-electron chi connectivity index (χ3n) is 6.25. The Bertz CT molecular complexity index is 1120. The van der Waals surface area contributed by atoms with E-state index in [9.17, 15) is 13.6 Å². The fraction of sp³-hybridized carbons (Fsp3) is 0.391. The van der Waals surface area contributed by atoms with Crippen LogP contribution in [0.1, 0.15) is 43.0 Å². The molecule has 0 atom stereocenters. The van der Waals surface area contributed by atoms with E-state index in [2.05, 4.69) is 17.2 Å². The minimum atomic E-state index is -0.605. The minimum absolute atomic E-state index is 0.0119. The summed E-state index contributed by atoms with van der Waals surface area (Å²) in [6.45, 7) is 2.22. The lowest BCUT2D eigenvalue weighted by Gasteiger charge is -2.33. The van der Waals surface area contributed by atoms with Gasteiger partial charge >= 0.3 is 0 Å². The molecule has 2 aromatic carbocycles. The number of nitrogens with zero attached hydrogens (tertiary/aromatic N) is 3. The zero-order valence-electron chi connectivity index (χ0n) is 17.8. The fourth-order valence-corrected chi connectivity index (χ4v) is 4.41. The standard InChI is InChI=1S/C23H25ClF2N4O/c1-13-7-9-14(10-8-13)29(2)22(31)15-11-19-20(12-18(15)26)30(3)23(27-19)28-21-16(24)5-4-6-17(21)25/h4-6,11-14H,7-10H2,1-3H3,(H,27,28). The molecule has 0 bridgehead atoms. The van der Waals surface area contributed by atoms with Crippen LogP contribution in [0.5, 0.6) is 0 Å². The van der Waals surface area contributed by atoms with Gasteiger partial charge in [0.1, 0.15) is 11.6 Å². The van der Waals surface area contributed by atoms with Crippen LogP contribution in [0.15, 0.2) is 30.3 Å². The molecule has 1 fully saturated rings. The molecule has 4 rings (SSSR count). The number of nitrogens with one attached hydrogen (secondary N) is 1. The van der Waals surface area contributed by atoms with E-state index in [-0.39, 0.29) is 28.2 Å². The van der Waals surface area contributed by atoms with E-state index in [1.54, 1.807) is 29.6 Å². The first kappa shape index (κ1) is 21.6. The van der Waals surface area contributed by atoms with Gasteiger partial charge in [-0.3, -0.25) is 4.79 Å². The first-order valence-corrected chi connectivity index (χ1v) is 10.8. The summed E-state index contributed by atoms with van der Waals surface area (Å²) in [5.74, 6) is -0.524. The number of hydrogen-bond donors (Lipinski definition) is 1. The Labute approximate surface area is 185 Å². The highest BCUT2D eigenvalue weighted by molar-refractivity contribution is 6.33. The van der Waals surface area contributed by atoms with Crippen LogP contribution >= 0.6 is 11.6 Å². The van der Waals surface area contributed by atoms with Crippen LogP contribution in [-0.2, 0) is 7.05 Å². The van der Waals surface area contributed by atoms with Crippen molar-refractivity contribution in [3.05, 3.63) is 52.6 Å². The number of halogens is 3. The number of aromatic nitrogens is 2. The number of rotatable bonds is 4. The van der Waals surface area contributed by atoms with E-state index in [0.717, 1.165) is 25.7 Å². The SMILES string of the molecule is CC1CCC(N(C)C(=O)c2cc3nc(Nc4c(F)cccc4Cl)n(C)c3cc2F)CC1. The second-order valence-corrected chi connectivity index (χ2v) is 8.77. The summed E-state index contributed by atoms with van der Waals surface area (Å²) in [6.07, 6.45) is 3.98. The molecule has 164 valence electrons. The molecule has 8 heteroatoms. The second-order valence-electron chi connectivity index (χ2n) is 8.37. The monoisotopic (exact) mass is 446 g/mol. The highest BCUT2D eigenvalue weighted by Crippen LogP contribution is 2.31. The topological polar surface area (TPSA) is 50.2 Å². The molecule has 1 N–H and O–H groups in total. The molecule has 1 heterocycles. The number of hydrogen-bond acceptors (Lipinski definition) is 3. The van der Waals surface area contributed by atoms with Gasteiger partial charge in [0.25, 0.3) is 5.91 Å². The molecule has 0 aliphatic heterocycles. The van der Waals surface area contributed by atoms with Gasteiger partial charge in [-0.05, 0) is 49.8 Å². The van der Waals surface area contributed by atoms with Gasteiger partial charge in [0.15, 0.2) is 0 Å². The van der Waals surface area contributed by atoms with Gasteiger partial charge in [-0.25, -0.2) is 13.8 Å². The van der Waals surface area contributed by atoms with Crippen molar-refractivity contribution in [3.63, 3.8) is 0 Å². The molecule has 0 radical (unpaired) electrons. The maximum Gasteiger partial charge on any atom is 0.256 e. The van der Waals surface area contributed by atoms with E-state index in [1.807, 2.05) is 0 Å². The second kappa shape index (κ2) is 8.46. The molecular formula is C23H25ClF2N4O. The maximum atomic E-state index is 14.9. The number of imidazole rings is 1. The Kier molecular flexibility index (Phi) is 5.88. The van der Waals surface area contributed by atoms with Crippen LogP contribution < -0.4 is 5.32 Å². The largest absolute Gasteiger partial charge is 0.339 e. The normalized spacial score (nSPS) is 18.9. The zero-order chi connectivity index (χ0) is 22.3. The molecule has 0 saturated heterocycles. The summed E-state index contributed by atoms with van der Waals surface area (Å²) in [7, 11) is 3.42. The van der Waals surface area contributed by atoms with Crippen molar-refractivity contribution in [2.45, 2.75) is 38.6 Å². The number of para-hydroxylation sites is 1. The molecule has 1 aliphatic carbocycles. The number of benzene rings is 2. The predicted octanol–water partition coefficient (Wildman–Crippen LogP) is 5.90. The molecule has 3 aromatic rings. The van der Waals surface area contributed by atoms with Gasteiger partial charge < -0.3 is 14.8 Å². The van der Waals surface area contributed by atoms with Crippen LogP contribution in [-0.4, -0.2) is 33.4 Å². The van der Waals surface area contributed by atoms with Gasteiger partial charge in [0.05, 0.1) is 27.3 Å². The van der Waals surface area contributed by atoms with Crippen molar-refractivity contribution < 1.29 is 13.6 Å². The molecule has 0 unspecified atom stereocenters. The molecule has 1 saturated carbocycles. The van der Waals surface area contributed by atoms with Crippen molar-refractivity contribution in [3.8, 4) is 0 Å². The fourth-order valence-electron chi connectivity index (χ4n) is 4.20. The number of fused-ring (bicyclic) bond motifs is 1. The zero-order valence-corrected chi connectivity index (χ0v) is 18.5. The summed E-state index contributed by atoms with van der Waals surface area (Å²) < 4.78 is 30.7. The number of amides is 1. The van der Waals surface area contributed by atoms with Crippen LogP contribution in [0, 0.1) is 17.6 Å². The van der Waals surface area contributed by atoms with Gasteiger partial charge in [0, 0.05) is 26.2 Å². The van der Waals surface area contributed by atoms with Crippen molar-refractivity contribution in [2.24, 2.45) is 13.0 Å². The average Bonchev–Trinajstić information content (AvgIpc) is 3.04. The van der Waals surface area contributed by atoms with Crippen LogP contribution in [0.3, 0.4) is 0 Å².